The maximum Gasteiger partial charge on any atom is 0.191 e. The van der Waals surface area contributed by atoms with E-state index in [2.05, 4.69) is 51.4 Å². The Balaban J connectivity index is 0.00000320. The molecule has 1 heterocycles. The van der Waals surface area contributed by atoms with Crippen molar-refractivity contribution in [3.63, 3.8) is 0 Å². The third-order valence-electron chi connectivity index (χ3n) is 4.79. The Morgan fingerprint density at radius 1 is 1.07 bits per heavy atom. The van der Waals surface area contributed by atoms with Crippen molar-refractivity contribution in [2.75, 3.05) is 44.9 Å². The van der Waals surface area contributed by atoms with Crippen LogP contribution in [0, 0.1) is 0 Å². The average molecular weight is 522 g/mol. The zero-order valence-electron chi connectivity index (χ0n) is 17.5. The molecule has 0 radical (unpaired) electrons. The van der Waals surface area contributed by atoms with Gasteiger partial charge in [-0.15, -0.1) is 24.0 Å². The highest BCUT2D eigenvalue weighted by molar-refractivity contribution is 14.0. The monoisotopic (exact) mass is 522 g/mol. The van der Waals surface area contributed by atoms with Crippen LogP contribution in [0.3, 0.4) is 0 Å². The Labute approximate surface area is 196 Å². The Morgan fingerprint density at radius 3 is 2.40 bits per heavy atom. The molecular weight excluding hydrogens is 491 g/mol. The summed E-state index contributed by atoms with van der Waals surface area (Å²) in [5.74, 6) is 1.60. The van der Waals surface area contributed by atoms with Crippen molar-refractivity contribution in [2.45, 2.75) is 13.1 Å². The number of benzene rings is 2. The number of rotatable bonds is 8. The number of hydrogen-bond donors (Lipinski definition) is 2. The van der Waals surface area contributed by atoms with Gasteiger partial charge in [0, 0.05) is 44.5 Å². The summed E-state index contributed by atoms with van der Waals surface area (Å²) in [5.41, 5.74) is 3.57. The lowest BCUT2D eigenvalue weighted by Gasteiger charge is -2.30. The van der Waals surface area contributed by atoms with E-state index in [4.69, 9.17) is 9.47 Å². The molecule has 0 aromatic heterocycles. The van der Waals surface area contributed by atoms with Gasteiger partial charge in [0.25, 0.3) is 0 Å². The maximum atomic E-state index is 5.73. The molecule has 0 amide bonds. The maximum absolute atomic E-state index is 5.73. The van der Waals surface area contributed by atoms with Crippen LogP contribution in [0.25, 0.3) is 0 Å². The number of ether oxygens (including phenoxy) is 2. The SMILES string of the molecule is C=CCOc1ccccc1CNC(=NC)NCc1ccccc1N1CCOCC1.I. The molecular formula is C23H31IN4O2. The van der Waals surface area contributed by atoms with Gasteiger partial charge in [0.2, 0.25) is 0 Å². The smallest absolute Gasteiger partial charge is 0.191 e. The summed E-state index contributed by atoms with van der Waals surface area (Å²) in [7, 11) is 1.78. The molecule has 162 valence electrons. The number of aliphatic imine (C=N–C) groups is 1. The van der Waals surface area contributed by atoms with E-state index in [0.29, 0.717) is 19.7 Å². The minimum Gasteiger partial charge on any atom is -0.489 e. The number of guanidine groups is 1. The van der Waals surface area contributed by atoms with Crippen molar-refractivity contribution in [1.29, 1.82) is 0 Å². The minimum absolute atomic E-state index is 0. The number of hydrogen-bond acceptors (Lipinski definition) is 4. The first-order valence-corrected chi connectivity index (χ1v) is 9.98. The van der Waals surface area contributed by atoms with E-state index >= 15 is 0 Å². The third-order valence-corrected chi connectivity index (χ3v) is 4.79. The van der Waals surface area contributed by atoms with Gasteiger partial charge < -0.3 is 25.0 Å². The highest BCUT2D eigenvalue weighted by atomic mass is 127. The van der Waals surface area contributed by atoms with Crippen LogP contribution in [0.4, 0.5) is 5.69 Å². The fraction of sp³-hybridized carbons (Fsp3) is 0.348. The largest absolute Gasteiger partial charge is 0.489 e. The number of nitrogens with one attached hydrogen (secondary N) is 2. The van der Waals surface area contributed by atoms with E-state index in [-0.39, 0.29) is 24.0 Å². The van der Waals surface area contributed by atoms with Crippen LogP contribution in [-0.2, 0) is 17.8 Å². The molecule has 0 saturated carbocycles. The van der Waals surface area contributed by atoms with Crippen molar-refractivity contribution in [1.82, 2.24) is 10.6 Å². The van der Waals surface area contributed by atoms with E-state index in [0.717, 1.165) is 43.6 Å². The van der Waals surface area contributed by atoms with Gasteiger partial charge in [-0.25, -0.2) is 0 Å². The summed E-state index contributed by atoms with van der Waals surface area (Å²) in [5, 5.41) is 6.79. The number of nitrogens with zero attached hydrogens (tertiary/aromatic N) is 2. The second-order valence-electron chi connectivity index (χ2n) is 6.71. The first-order chi connectivity index (χ1) is 14.3. The lowest BCUT2D eigenvalue weighted by atomic mass is 10.1. The molecule has 0 aliphatic carbocycles. The van der Waals surface area contributed by atoms with Crippen molar-refractivity contribution in [3.05, 3.63) is 72.3 Å². The Hall–Kier alpha value is -2.26. The first kappa shape index (κ1) is 24.0. The zero-order valence-corrected chi connectivity index (χ0v) is 19.8. The molecule has 0 atom stereocenters. The lowest BCUT2D eigenvalue weighted by molar-refractivity contribution is 0.122. The van der Waals surface area contributed by atoms with Crippen LogP contribution >= 0.6 is 24.0 Å². The van der Waals surface area contributed by atoms with Crippen molar-refractivity contribution >= 4 is 35.6 Å². The molecule has 1 fully saturated rings. The Bertz CT molecular complexity index is 822. The highest BCUT2D eigenvalue weighted by Crippen LogP contribution is 2.21. The van der Waals surface area contributed by atoms with Gasteiger partial charge in [-0.1, -0.05) is 49.1 Å². The molecule has 1 aliphatic rings. The van der Waals surface area contributed by atoms with Crippen LogP contribution in [0.15, 0.2) is 66.2 Å². The van der Waals surface area contributed by atoms with E-state index < -0.39 is 0 Å². The van der Waals surface area contributed by atoms with Crippen LogP contribution in [-0.4, -0.2) is 45.9 Å². The van der Waals surface area contributed by atoms with E-state index in [1.54, 1.807) is 13.1 Å². The fourth-order valence-electron chi connectivity index (χ4n) is 3.29. The topological polar surface area (TPSA) is 58.1 Å². The molecule has 2 aromatic carbocycles. The second kappa shape index (κ2) is 13.1. The molecule has 0 unspecified atom stereocenters. The van der Waals surface area contributed by atoms with E-state index in [1.165, 1.54) is 11.3 Å². The molecule has 0 bridgehead atoms. The molecule has 6 nitrogen and oxygen atoms in total. The summed E-state index contributed by atoms with van der Waals surface area (Å²) in [6, 6.07) is 16.5. The van der Waals surface area contributed by atoms with Crippen LogP contribution in [0.5, 0.6) is 5.75 Å². The fourth-order valence-corrected chi connectivity index (χ4v) is 3.29. The highest BCUT2D eigenvalue weighted by Gasteiger charge is 2.14. The Kier molecular flexibility index (Phi) is 10.5. The molecule has 30 heavy (non-hydrogen) atoms. The van der Waals surface area contributed by atoms with Crippen molar-refractivity contribution in [3.8, 4) is 5.75 Å². The van der Waals surface area contributed by atoms with Gasteiger partial charge >= 0.3 is 0 Å². The number of halogens is 1. The predicted octanol–water partition coefficient (Wildman–Crippen LogP) is 3.57. The summed E-state index contributed by atoms with van der Waals surface area (Å²) in [6.07, 6.45) is 1.75. The second-order valence-corrected chi connectivity index (χ2v) is 6.71. The Morgan fingerprint density at radius 2 is 1.70 bits per heavy atom. The summed E-state index contributed by atoms with van der Waals surface area (Å²) in [4.78, 5) is 6.73. The van der Waals surface area contributed by atoms with Crippen LogP contribution < -0.4 is 20.3 Å². The predicted molar refractivity (Wildman–Crippen MR) is 134 cm³/mol. The van der Waals surface area contributed by atoms with E-state index in [1.807, 2.05) is 24.3 Å². The van der Waals surface area contributed by atoms with Gasteiger partial charge in [-0.2, -0.15) is 0 Å². The summed E-state index contributed by atoms with van der Waals surface area (Å²) < 4.78 is 11.2. The molecule has 3 rings (SSSR count). The molecule has 2 aromatic rings. The van der Waals surface area contributed by atoms with Crippen LogP contribution in [0.2, 0.25) is 0 Å². The minimum atomic E-state index is 0. The van der Waals surface area contributed by atoms with E-state index in [9.17, 15) is 0 Å². The third kappa shape index (κ3) is 6.91. The first-order valence-electron chi connectivity index (χ1n) is 9.98. The lowest BCUT2D eigenvalue weighted by Crippen LogP contribution is -2.39. The normalized spacial score (nSPS) is 13.9. The number of anilines is 1. The van der Waals surface area contributed by atoms with Gasteiger partial charge in [0.15, 0.2) is 5.96 Å². The molecule has 0 spiro atoms. The molecule has 2 N–H and O–H groups in total. The van der Waals surface area contributed by atoms with Gasteiger partial charge in [0.1, 0.15) is 12.4 Å². The summed E-state index contributed by atoms with van der Waals surface area (Å²) >= 11 is 0. The summed E-state index contributed by atoms with van der Waals surface area (Å²) in [6.45, 7) is 8.91. The van der Waals surface area contributed by atoms with Gasteiger partial charge in [-0.3, -0.25) is 4.99 Å². The quantitative estimate of drug-likeness (QED) is 0.240. The van der Waals surface area contributed by atoms with Crippen molar-refractivity contribution < 1.29 is 9.47 Å². The molecule has 1 saturated heterocycles. The van der Waals surface area contributed by atoms with Crippen LogP contribution in [0.1, 0.15) is 11.1 Å². The van der Waals surface area contributed by atoms with Crippen molar-refractivity contribution in [2.24, 2.45) is 4.99 Å². The molecule has 1 aliphatic heterocycles. The zero-order chi connectivity index (χ0) is 20.3. The number of para-hydroxylation sites is 2. The van der Waals surface area contributed by atoms with Gasteiger partial charge in [-0.05, 0) is 17.7 Å². The average Bonchev–Trinajstić information content (AvgIpc) is 2.79. The standard InChI is InChI=1S/C23H30N4O2.HI/c1-3-14-29-22-11-7-5-9-20(22)18-26-23(24-2)25-17-19-8-4-6-10-21(19)27-12-15-28-16-13-27;/h3-11H,1,12-18H2,2H3,(H2,24,25,26);1H. The molecule has 7 heteroatoms. The van der Waals surface area contributed by atoms with Gasteiger partial charge in [0.05, 0.1) is 13.2 Å². The number of morpholine rings is 1.